The summed E-state index contributed by atoms with van der Waals surface area (Å²) in [5.41, 5.74) is 1.90. The highest BCUT2D eigenvalue weighted by Crippen LogP contribution is 2.17. The highest BCUT2D eigenvalue weighted by atomic mass is 16.5. The number of anilines is 1. The third kappa shape index (κ3) is 5.01. The molecule has 0 radical (unpaired) electrons. The van der Waals surface area contributed by atoms with Crippen molar-refractivity contribution in [2.75, 3.05) is 25.5 Å². The van der Waals surface area contributed by atoms with Crippen LogP contribution in [-0.2, 0) is 27.4 Å². The normalized spacial score (nSPS) is 10.6. The van der Waals surface area contributed by atoms with Crippen molar-refractivity contribution in [3.05, 3.63) is 48.5 Å². The Hall–Kier alpha value is -3.53. The summed E-state index contributed by atoms with van der Waals surface area (Å²) in [5, 5.41) is 5.56. The lowest BCUT2D eigenvalue weighted by Crippen LogP contribution is -2.27. The summed E-state index contributed by atoms with van der Waals surface area (Å²) in [6.45, 7) is 1.33. The molecule has 1 aromatic carbocycles. The molecular formula is C18H20N6O4. The van der Waals surface area contributed by atoms with Crippen LogP contribution in [0.2, 0.25) is 0 Å². The molecule has 1 amide bonds. The molecule has 28 heavy (non-hydrogen) atoms. The molecule has 3 aromatic rings. The van der Waals surface area contributed by atoms with E-state index in [1.807, 2.05) is 30.3 Å². The molecule has 0 bridgehead atoms. The highest BCUT2D eigenvalue weighted by Gasteiger charge is 2.13. The number of ether oxygens (including phenoxy) is 2. The standard InChI is InChI=1S/C18H20N6O4/c1-27-14(25)9-19-7-8-24-12-22-15-16(20-11-21-17(15)24)23-18(26)28-10-13-5-3-2-4-6-13/h2-6,11-12,19H,7-10H2,1H3,(H,20,21,23,26). The zero-order chi connectivity index (χ0) is 19.8. The van der Waals surface area contributed by atoms with Crippen molar-refractivity contribution in [3.63, 3.8) is 0 Å². The van der Waals surface area contributed by atoms with Crippen LogP contribution in [0, 0.1) is 0 Å². The Kier molecular flexibility index (Phi) is 6.47. The van der Waals surface area contributed by atoms with E-state index in [0.717, 1.165) is 5.56 Å². The predicted molar refractivity (Wildman–Crippen MR) is 100 cm³/mol. The number of carbonyl (C=O) groups is 2. The molecule has 2 aromatic heterocycles. The monoisotopic (exact) mass is 384 g/mol. The molecule has 10 nitrogen and oxygen atoms in total. The maximum absolute atomic E-state index is 12.1. The molecule has 0 saturated heterocycles. The molecule has 0 fully saturated rings. The van der Waals surface area contributed by atoms with Crippen LogP contribution in [0.25, 0.3) is 11.2 Å². The topological polar surface area (TPSA) is 120 Å². The first-order chi connectivity index (χ1) is 13.7. The van der Waals surface area contributed by atoms with Gasteiger partial charge in [0.25, 0.3) is 0 Å². The van der Waals surface area contributed by atoms with Gasteiger partial charge in [0, 0.05) is 13.1 Å². The van der Waals surface area contributed by atoms with Crippen LogP contribution in [-0.4, -0.2) is 51.8 Å². The van der Waals surface area contributed by atoms with Crippen LogP contribution < -0.4 is 10.6 Å². The number of imidazole rings is 1. The van der Waals surface area contributed by atoms with Gasteiger partial charge in [-0.1, -0.05) is 30.3 Å². The van der Waals surface area contributed by atoms with Crippen molar-refractivity contribution in [1.29, 1.82) is 0 Å². The van der Waals surface area contributed by atoms with Gasteiger partial charge < -0.3 is 19.4 Å². The minimum atomic E-state index is -0.627. The van der Waals surface area contributed by atoms with Gasteiger partial charge in [0.2, 0.25) is 0 Å². The van der Waals surface area contributed by atoms with Gasteiger partial charge in [-0.25, -0.2) is 19.7 Å². The predicted octanol–water partition coefficient (Wildman–Crippen LogP) is 1.34. The minimum Gasteiger partial charge on any atom is -0.468 e. The lowest BCUT2D eigenvalue weighted by Gasteiger charge is -2.07. The van der Waals surface area contributed by atoms with E-state index in [9.17, 15) is 9.59 Å². The Balaban J connectivity index is 1.59. The van der Waals surface area contributed by atoms with E-state index in [2.05, 4.69) is 30.3 Å². The summed E-state index contributed by atoms with van der Waals surface area (Å²) in [6.07, 6.45) is 2.31. The van der Waals surface area contributed by atoms with Crippen LogP contribution in [0.1, 0.15) is 5.56 Å². The molecule has 0 unspecified atom stereocenters. The Morgan fingerprint density at radius 2 is 1.96 bits per heavy atom. The first-order valence-corrected chi connectivity index (χ1v) is 8.58. The first kappa shape index (κ1) is 19.2. The van der Waals surface area contributed by atoms with E-state index in [0.29, 0.717) is 24.3 Å². The van der Waals surface area contributed by atoms with Crippen LogP contribution in [0.3, 0.4) is 0 Å². The summed E-state index contributed by atoms with van der Waals surface area (Å²) < 4.78 is 11.6. The Bertz CT molecular complexity index is 944. The minimum absolute atomic E-state index is 0.123. The average Bonchev–Trinajstić information content (AvgIpc) is 3.14. The van der Waals surface area contributed by atoms with Gasteiger partial charge in [-0.05, 0) is 5.56 Å². The molecule has 2 heterocycles. The summed E-state index contributed by atoms with van der Waals surface area (Å²) in [6, 6.07) is 9.37. The number of hydrogen-bond donors (Lipinski definition) is 2. The summed E-state index contributed by atoms with van der Waals surface area (Å²) in [4.78, 5) is 35.7. The number of nitrogens with one attached hydrogen (secondary N) is 2. The number of nitrogens with zero attached hydrogens (tertiary/aromatic N) is 4. The van der Waals surface area contributed by atoms with Crippen molar-refractivity contribution in [1.82, 2.24) is 24.8 Å². The van der Waals surface area contributed by atoms with Crippen LogP contribution in [0.15, 0.2) is 43.0 Å². The van der Waals surface area contributed by atoms with Crippen molar-refractivity contribution in [2.24, 2.45) is 0 Å². The number of benzene rings is 1. The lowest BCUT2D eigenvalue weighted by atomic mass is 10.2. The number of esters is 1. The molecule has 0 aliphatic heterocycles. The molecule has 0 saturated carbocycles. The van der Waals surface area contributed by atoms with Crippen molar-refractivity contribution in [3.8, 4) is 0 Å². The highest BCUT2D eigenvalue weighted by molar-refractivity contribution is 5.93. The van der Waals surface area contributed by atoms with Gasteiger partial charge in [0.15, 0.2) is 17.0 Å². The quantitative estimate of drug-likeness (QED) is 0.441. The molecular weight excluding hydrogens is 364 g/mol. The Morgan fingerprint density at radius 3 is 2.75 bits per heavy atom. The largest absolute Gasteiger partial charge is 0.468 e. The van der Waals surface area contributed by atoms with Gasteiger partial charge in [0.05, 0.1) is 20.0 Å². The second-order valence-electron chi connectivity index (χ2n) is 5.77. The Morgan fingerprint density at radius 1 is 1.14 bits per heavy atom. The molecule has 0 aliphatic carbocycles. The fourth-order valence-electron chi connectivity index (χ4n) is 2.45. The molecule has 0 atom stereocenters. The molecule has 146 valence electrons. The van der Waals surface area contributed by atoms with E-state index < -0.39 is 6.09 Å². The number of amides is 1. The maximum Gasteiger partial charge on any atom is 0.413 e. The number of hydrogen-bond acceptors (Lipinski definition) is 8. The summed E-state index contributed by atoms with van der Waals surface area (Å²) >= 11 is 0. The number of fused-ring (bicyclic) bond motifs is 1. The maximum atomic E-state index is 12.1. The zero-order valence-corrected chi connectivity index (χ0v) is 15.3. The van der Waals surface area contributed by atoms with Gasteiger partial charge in [-0.2, -0.15) is 0 Å². The number of methoxy groups -OCH3 is 1. The second kappa shape index (κ2) is 9.42. The van der Waals surface area contributed by atoms with Crippen LogP contribution >= 0.6 is 0 Å². The van der Waals surface area contributed by atoms with Crippen molar-refractivity contribution in [2.45, 2.75) is 13.2 Å². The third-order valence-electron chi connectivity index (χ3n) is 3.86. The number of rotatable bonds is 8. The molecule has 0 spiro atoms. The average molecular weight is 384 g/mol. The van der Waals surface area contributed by atoms with Gasteiger partial charge in [-0.3, -0.25) is 10.1 Å². The Labute approximate surface area is 160 Å². The molecule has 2 N–H and O–H groups in total. The first-order valence-electron chi connectivity index (χ1n) is 8.58. The van der Waals surface area contributed by atoms with Gasteiger partial charge >= 0.3 is 12.1 Å². The SMILES string of the molecule is COC(=O)CNCCn1cnc2c(NC(=O)OCc3ccccc3)ncnc21. The molecule has 10 heteroatoms. The van der Waals surface area contributed by atoms with Crippen molar-refractivity contribution < 1.29 is 19.1 Å². The van der Waals surface area contributed by atoms with E-state index in [4.69, 9.17) is 4.74 Å². The second-order valence-corrected chi connectivity index (χ2v) is 5.77. The summed E-state index contributed by atoms with van der Waals surface area (Å²) in [7, 11) is 1.34. The van der Waals surface area contributed by atoms with E-state index in [-0.39, 0.29) is 24.9 Å². The van der Waals surface area contributed by atoms with Crippen LogP contribution in [0.5, 0.6) is 0 Å². The van der Waals surface area contributed by atoms with Crippen LogP contribution in [0.4, 0.5) is 10.6 Å². The number of aromatic nitrogens is 4. The van der Waals surface area contributed by atoms with Gasteiger partial charge in [0.1, 0.15) is 12.9 Å². The summed E-state index contributed by atoms with van der Waals surface area (Å²) in [5.74, 6) is -0.0670. The van der Waals surface area contributed by atoms with E-state index in [1.165, 1.54) is 13.4 Å². The van der Waals surface area contributed by atoms with E-state index >= 15 is 0 Å². The number of carbonyl (C=O) groups excluding carboxylic acids is 2. The molecule has 3 rings (SSSR count). The smallest absolute Gasteiger partial charge is 0.413 e. The zero-order valence-electron chi connectivity index (χ0n) is 15.3. The fraction of sp³-hybridized carbons (Fsp3) is 0.278. The van der Waals surface area contributed by atoms with E-state index in [1.54, 1.807) is 10.9 Å². The third-order valence-corrected chi connectivity index (χ3v) is 3.86. The lowest BCUT2D eigenvalue weighted by molar-refractivity contribution is -0.139. The molecule has 0 aliphatic rings. The fourth-order valence-corrected chi connectivity index (χ4v) is 2.45. The van der Waals surface area contributed by atoms with Crippen molar-refractivity contribution >= 4 is 29.0 Å². The van der Waals surface area contributed by atoms with Gasteiger partial charge in [-0.15, -0.1) is 0 Å².